The summed E-state index contributed by atoms with van der Waals surface area (Å²) < 4.78 is 0. The lowest BCUT2D eigenvalue weighted by atomic mass is 10.0. The Labute approximate surface area is 74.2 Å². The Balaban J connectivity index is 4.68. The first-order chi connectivity index (χ1) is 5.41. The fourth-order valence-corrected chi connectivity index (χ4v) is 0.932. The van der Waals surface area contributed by atoms with Crippen molar-refractivity contribution < 1.29 is 10.2 Å². The topological polar surface area (TPSA) is 40.5 Å². The Morgan fingerprint density at radius 3 is 2.17 bits per heavy atom. The highest BCUT2D eigenvalue weighted by Gasteiger charge is 2.19. The maximum absolute atomic E-state index is 9.28. The molecule has 0 unspecified atom stereocenters. The molecule has 0 rings (SSSR count). The Bertz CT molecular complexity index is 194. The quantitative estimate of drug-likeness (QED) is 0.502. The molecule has 2 nitrogen and oxygen atoms in total. The van der Waals surface area contributed by atoms with Crippen LogP contribution in [-0.4, -0.2) is 16.0 Å². The van der Waals surface area contributed by atoms with Gasteiger partial charge in [0.05, 0.1) is 0 Å². The number of allylic oxidation sites excluding steroid dienone is 3. The van der Waals surface area contributed by atoms with Crippen molar-refractivity contribution in [2.24, 2.45) is 0 Å². The molecule has 0 aliphatic heterocycles. The predicted octanol–water partition coefficient (Wildman–Crippen LogP) is 1.99. The molecule has 0 spiro atoms. The lowest BCUT2D eigenvalue weighted by Gasteiger charge is -2.19. The molecule has 70 valence electrons. The average Bonchev–Trinajstić information content (AvgIpc) is 1.97. The van der Waals surface area contributed by atoms with Crippen LogP contribution in [0.1, 0.15) is 34.1 Å². The van der Waals surface area contributed by atoms with Crippen LogP contribution in [0.25, 0.3) is 0 Å². The smallest absolute Gasteiger partial charge is 0.182 e. The van der Waals surface area contributed by atoms with Crippen LogP contribution in [0.15, 0.2) is 23.3 Å². The van der Waals surface area contributed by atoms with Crippen molar-refractivity contribution in [3.63, 3.8) is 0 Å². The van der Waals surface area contributed by atoms with E-state index < -0.39 is 5.79 Å². The normalized spacial score (nSPS) is 15.2. The van der Waals surface area contributed by atoms with Gasteiger partial charge in [0.1, 0.15) is 0 Å². The third-order valence-corrected chi connectivity index (χ3v) is 1.85. The molecule has 12 heavy (non-hydrogen) atoms. The van der Waals surface area contributed by atoms with E-state index in [0.29, 0.717) is 12.0 Å². The minimum absolute atomic E-state index is 0.637. The molecular formula is C10H18O2. The summed E-state index contributed by atoms with van der Waals surface area (Å²) in [5.41, 5.74) is 1.68. The van der Waals surface area contributed by atoms with E-state index in [1.165, 1.54) is 6.92 Å². The molecule has 0 radical (unpaired) electrons. The van der Waals surface area contributed by atoms with E-state index in [1.807, 2.05) is 26.8 Å². The maximum Gasteiger partial charge on any atom is 0.182 e. The van der Waals surface area contributed by atoms with E-state index in [-0.39, 0.29) is 0 Å². The van der Waals surface area contributed by atoms with E-state index in [2.05, 4.69) is 0 Å². The summed E-state index contributed by atoms with van der Waals surface area (Å²) in [7, 11) is 0. The average molecular weight is 170 g/mol. The maximum atomic E-state index is 9.28. The fraction of sp³-hybridized carbons (Fsp3) is 0.600. The van der Waals surface area contributed by atoms with E-state index in [0.717, 1.165) is 5.57 Å². The summed E-state index contributed by atoms with van der Waals surface area (Å²) >= 11 is 0. The van der Waals surface area contributed by atoms with Gasteiger partial charge in [-0.05, 0) is 32.8 Å². The van der Waals surface area contributed by atoms with Gasteiger partial charge in [-0.2, -0.15) is 0 Å². The monoisotopic (exact) mass is 170 g/mol. The van der Waals surface area contributed by atoms with Crippen LogP contribution >= 0.6 is 0 Å². The second-order valence-electron chi connectivity index (χ2n) is 3.08. The second kappa shape index (κ2) is 4.43. The molecule has 0 atom stereocenters. The molecule has 0 aromatic heterocycles. The molecule has 0 fully saturated rings. The molecule has 0 bridgehead atoms. The van der Waals surface area contributed by atoms with Gasteiger partial charge < -0.3 is 10.2 Å². The van der Waals surface area contributed by atoms with Gasteiger partial charge in [-0.3, -0.25) is 0 Å². The van der Waals surface area contributed by atoms with Crippen LogP contribution < -0.4 is 0 Å². The zero-order valence-corrected chi connectivity index (χ0v) is 8.26. The van der Waals surface area contributed by atoms with Gasteiger partial charge in [0.25, 0.3) is 0 Å². The van der Waals surface area contributed by atoms with Crippen molar-refractivity contribution in [2.45, 2.75) is 39.9 Å². The first kappa shape index (κ1) is 11.4. The van der Waals surface area contributed by atoms with Crippen LogP contribution in [0.2, 0.25) is 0 Å². The highest BCUT2D eigenvalue weighted by Crippen LogP contribution is 2.18. The number of rotatable bonds is 3. The lowest BCUT2D eigenvalue weighted by molar-refractivity contribution is -0.113. The van der Waals surface area contributed by atoms with Crippen LogP contribution in [0.4, 0.5) is 0 Å². The van der Waals surface area contributed by atoms with E-state index >= 15 is 0 Å². The van der Waals surface area contributed by atoms with E-state index in [9.17, 15) is 10.2 Å². The highest BCUT2D eigenvalue weighted by atomic mass is 16.5. The van der Waals surface area contributed by atoms with Crippen molar-refractivity contribution in [1.82, 2.24) is 0 Å². The van der Waals surface area contributed by atoms with Gasteiger partial charge in [-0.1, -0.05) is 24.6 Å². The largest absolute Gasteiger partial charge is 0.362 e. The van der Waals surface area contributed by atoms with Crippen molar-refractivity contribution >= 4 is 0 Å². The van der Waals surface area contributed by atoms with Gasteiger partial charge in [0.15, 0.2) is 5.79 Å². The van der Waals surface area contributed by atoms with Crippen molar-refractivity contribution in [3.05, 3.63) is 23.3 Å². The molecule has 0 aromatic rings. The van der Waals surface area contributed by atoms with Gasteiger partial charge in [-0.15, -0.1) is 0 Å². The van der Waals surface area contributed by atoms with E-state index in [4.69, 9.17) is 0 Å². The summed E-state index contributed by atoms with van der Waals surface area (Å²) in [5, 5.41) is 18.6. The van der Waals surface area contributed by atoms with Crippen LogP contribution in [0.5, 0.6) is 0 Å². The van der Waals surface area contributed by atoms with Gasteiger partial charge in [0.2, 0.25) is 0 Å². The van der Waals surface area contributed by atoms with Crippen molar-refractivity contribution in [2.75, 3.05) is 0 Å². The second-order valence-corrected chi connectivity index (χ2v) is 3.08. The molecule has 0 aliphatic carbocycles. The molecule has 0 aromatic carbocycles. The van der Waals surface area contributed by atoms with Gasteiger partial charge in [0, 0.05) is 0 Å². The number of aliphatic hydroxyl groups is 2. The Morgan fingerprint density at radius 2 is 1.92 bits per heavy atom. The van der Waals surface area contributed by atoms with Gasteiger partial charge >= 0.3 is 0 Å². The molecule has 0 saturated heterocycles. The van der Waals surface area contributed by atoms with Gasteiger partial charge in [-0.25, -0.2) is 0 Å². The third kappa shape index (κ3) is 3.69. The van der Waals surface area contributed by atoms with Crippen LogP contribution in [0.3, 0.4) is 0 Å². The standard InChI is InChI=1S/C10H18O2/c1-5-8(3)7-9(6-2)10(4,11)12/h5,7,11-12H,6H2,1-4H3. The predicted molar refractivity (Wildman–Crippen MR) is 50.6 cm³/mol. The summed E-state index contributed by atoms with van der Waals surface area (Å²) in [6.07, 6.45) is 4.38. The number of hydrogen-bond acceptors (Lipinski definition) is 2. The summed E-state index contributed by atoms with van der Waals surface area (Å²) in [6.45, 7) is 7.14. The molecule has 0 aliphatic rings. The first-order valence-corrected chi connectivity index (χ1v) is 4.20. The molecule has 2 heteroatoms. The molecule has 0 heterocycles. The summed E-state index contributed by atoms with van der Waals surface area (Å²) in [6, 6.07) is 0. The summed E-state index contributed by atoms with van der Waals surface area (Å²) in [5.74, 6) is -1.68. The highest BCUT2D eigenvalue weighted by molar-refractivity contribution is 5.24. The molecule has 0 saturated carbocycles. The third-order valence-electron chi connectivity index (χ3n) is 1.85. The summed E-state index contributed by atoms with van der Waals surface area (Å²) in [4.78, 5) is 0. The molecule has 2 N–H and O–H groups in total. The minimum Gasteiger partial charge on any atom is -0.362 e. The SMILES string of the molecule is CC=C(C)C=C(CC)C(C)(O)O. The minimum atomic E-state index is -1.68. The van der Waals surface area contributed by atoms with Crippen molar-refractivity contribution in [3.8, 4) is 0 Å². The Hall–Kier alpha value is -0.600. The molecule has 0 amide bonds. The van der Waals surface area contributed by atoms with Crippen LogP contribution in [-0.2, 0) is 0 Å². The Morgan fingerprint density at radius 1 is 1.42 bits per heavy atom. The number of hydrogen-bond donors (Lipinski definition) is 2. The first-order valence-electron chi connectivity index (χ1n) is 4.20. The molecular weight excluding hydrogens is 152 g/mol. The van der Waals surface area contributed by atoms with Crippen molar-refractivity contribution in [1.29, 1.82) is 0 Å². The van der Waals surface area contributed by atoms with E-state index in [1.54, 1.807) is 6.08 Å². The lowest BCUT2D eigenvalue weighted by Crippen LogP contribution is -2.25. The zero-order chi connectivity index (χ0) is 9.78. The Kier molecular flexibility index (Phi) is 4.21. The zero-order valence-electron chi connectivity index (χ0n) is 8.26. The fourth-order valence-electron chi connectivity index (χ4n) is 0.932. The van der Waals surface area contributed by atoms with Crippen LogP contribution in [0, 0.1) is 0 Å².